The van der Waals surface area contributed by atoms with Crippen LogP contribution in [-0.2, 0) is 0 Å². The molecule has 0 aliphatic heterocycles. The van der Waals surface area contributed by atoms with Crippen molar-refractivity contribution in [1.82, 2.24) is 0 Å². The molecule has 0 saturated carbocycles. The van der Waals surface area contributed by atoms with Gasteiger partial charge in [-0.1, -0.05) is 36.4 Å². The molecule has 92 valence electrons. The molecule has 0 fully saturated rings. The van der Waals surface area contributed by atoms with Crippen LogP contribution in [0.2, 0.25) is 0 Å². The number of fused-ring (bicyclic) bond motifs is 2. The zero-order valence-electron chi connectivity index (χ0n) is 11.0. The predicted octanol–water partition coefficient (Wildman–Crippen LogP) is 5.10. The Bertz CT molecular complexity index is 836. The molecule has 3 aromatic rings. The fraction of sp³-hybridized carbons (Fsp3) is 0. The van der Waals surface area contributed by atoms with Crippen LogP contribution >= 0.6 is 0 Å². The van der Waals surface area contributed by atoms with E-state index in [9.17, 15) is 0 Å². The quantitative estimate of drug-likeness (QED) is 0.529. The van der Waals surface area contributed by atoms with Gasteiger partial charge in [-0.05, 0) is 29.7 Å². The van der Waals surface area contributed by atoms with Crippen molar-refractivity contribution in [1.29, 1.82) is 0 Å². The van der Waals surface area contributed by atoms with Crippen LogP contribution < -0.4 is 0 Å². The van der Waals surface area contributed by atoms with E-state index in [1.165, 1.54) is 27.5 Å². The molecule has 0 atom stereocenters. The van der Waals surface area contributed by atoms with E-state index in [2.05, 4.69) is 78.9 Å². The monoisotopic (exact) mass is 253 g/mol. The number of rotatable bonds is 1. The molecule has 0 saturated heterocycles. The Kier molecular flexibility index (Phi) is 2.48. The molecule has 0 N–H and O–H groups in total. The number of hydrogen-bond donors (Lipinski definition) is 0. The summed E-state index contributed by atoms with van der Waals surface area (Å²) in [5.41, 5.74) is 4.77. The van der Waals surface area contributed by atoms with Crippen LogP contribution in [0.25, 0.3) is 22.4 Å². The van der Waals surface area contributed by atoms with Crippen molar-refractivity contribution in [3.8, 4) is 0 Å². The van der Waals surface area contributed by atoms with E-state index in [1.54, 1.807) is 0 Å². The Labute approximate surface area is 118 Å². The Morgan fingerprint density at radius 1 is 0.650 bits per heavy atom. The summed E-state index contributed by atoms with van der Waals surface area (Å²) < 4.78 is 0. The molecule has 0 bridgehead atoms. The smallest absolute Gasteiger partial charge is 0.0616 e. The van der Waals surface area contributed by atoms with Gasteiger partial charge in [0.25, 0.3) is 0 Å². The lowest BCUT2D eigenvalue weighted by Crippen LogP contribution is -1.92. The first-order chi connectivity index (χ1) is 9.90. The van der Waals surface area contributed by atoms with Crippen LogP contribution in [0.4, 0.5) is 0 Å². The molecule has 4 rings (SSSR count). The average Bonchev–Trinajstić information content (AvgIpc) is 2.53. The molecular weight excluding hydrogens is 240 g/mol. The fourth-order valence-corrected chi connectivity index (χ4v) is 2.65. The van der Waals surface area contributed by atoms with Crippen molar-refractivity contribution >= 4 is 22.4 Å². The maximum Gasteiger partial charge on any atom is 0.131 e. The van der Waals surface area contributed by atoms with Gasteiger partial charge in [0.2, 0.25) is 0 Å². The van der Waals surface area contributed by atoms with E-state index in [4.69, 9.17) is 0 Å². The zero-order chi connectivity index (χ0) is 13.4. The average molecular weight is 253 g/mol. The Morgan fingerprint density at radius 3 is 2.15 bits per heavy atom. The summed E-state index contributed by atoms with van der Waals surface area (Å²) in [5, 5.41) is 2.54. The molecule has 3 aromatic carbocycles. The summed E-state index contributed by atoms with van der Waals surface area (Å²) in [5.74, 6) is 0. The third-order valence-electron chi connectivity index (χ3n) is 3.70. The van der Waals surface area contributed by atoms with Crippen molar-refractivity contribution in [2.24, 2.45) is 0 Å². The van der Waals surface area contributed by atoms with Crippen molar-refractivity contribution in [2.75, 3.05) is 0 Å². The minimum atomic E-state index is 1.15. The minimum Gasteiger partial charge on any atom is -0.0616 e. The van der Waals surface area contributed by atoms with Gasteiger partial charge in [-0.3, -0.25) is 0 Å². The molecule has 0 heteroatoms. The van der Waals surface area contributed by atoms with Crippen LogP contribution in [0.5, 0.6) is 0 Å². The third-order valence-corrected chi connectivity index (χ3v) is 3.70. The molecular formula is C20H13+. The highest BCUT2D eigenvalue weighted by Crippen LogP contribution is 2.29. The molecule has 1 aliphatic rings. The van der Waals surface area contributed by atoms with Crippen LogP contribution in [-0.4, -0.2) is 0 Å². The lowest BCUT2D eigenvalue weighted by atomic mass is 9.92. The van der Waals surface area contributed by atoms with Gasteiger partial charge in [-0.15, -0.1) is 0 Å². The van der Waals surface area contributed by atoms with E-state index in [0.29, 0.717) is 0 Å². The second kappa shape index (κ2) is 4.45. The molecule has 0 amide bonds. The number of benzene rings is 3. The van der Waals surface area contributed by atoms with Crippen LogP contribution in [0.15, 0.2) is 72.8 Å². The van der Waals surface area contributed by atoms with E-state index in [1.807, 2.05) is 6.07 Å². The van der Waals surface area contributed by atoms with Crippen molar-refractivity contribution in [3.05, 3.63) is 95.6 Å². The largest absolute Gasteiger partial charge is 0.131 e. The predicted molar refractivity (Wildman–Crippen MR) is 85.2 cm³/mol. The van der Waals surface area contributed by atoms with E-state index in [0.717, 1.165) is 5.57 Å². The van der Waals surface area contributed by atoms with Crippen LogP contribution in [0.3, 0.4) is 0 Å². The standard InChI is InChI=1S/C20H13/c1-2-6-15(7-3-1)18-10-11-19-12-16-8-4-5-9-17(16)13-20(19)14-18/h1-13H/q+1. The second-order valence-electron chi connectivity index (χ2n) is 5.02. The van der Waals surface area contributed by atoms with Crippen molar-refractivity contribution in [3.63, 3.8) is 0 Å². The fourth-order valence-electron chi connectivity index (χ4n) is 2.65. The van der Waals surface area contributed by atoms with Gasteiger partial charge in [0.15, 0.2) is 0 Å². The van der Waals surface area contributed by atoms with Gasteiger partial charge >= 0.3 is 0 Å². The SMILES string of the molecule is [C+]1=C(c2ccccc2)C=Cc2cc3ccccc3cc21. The molecule has 0 nitrogen and oxygen atoms in total. The number of hydrogen-bond acceptors (Lipinski definition) is 0. The van der Waals surface area contributed by atoms with Gasteiger partial charge in [-0.25, -0.2) is 0 Å². The summed E-state index contributed by atoms with van der Waals surface area (Å²) in [6.45, 7) is 0. The topological polar surface area (TPSA) is 0 Å². The van der Waals surface area contributed by atoms with Crippen molar-refractivity contribution < 1.29 is 0 Å². The maximum absolute atomic E-state index is 3.54. The normalized spacial score (nSPS) is 12.7. The maximum atomic E-state index is 3.54. The van der Waals surface area contributed by atoms with E-state index < -0.39 is 0 Å². The first-order valence-electron chi connectivity index (χ1n) is 6.80. The van der Waals surface area contributed by atoms with Crippen LogP contribution in [0, 0.1) is 6.08 Å². The van der Waals surface area contributed by atoms with Crippen molar-refractivity contribution in [2.45, 2.75) is 0 Å². The Morgan fingerprint density at radius 2 is 1.35 bits per heavy atom. The third kappa shape index (κ3) is 1.84. The first kappa shape index (κ1) is 11.2. The molecule has 1 aliphatic carbocycles. The highest BCUT2D eigenvalue weighted by molar-refractivity contribution is 5.91. The summed E-state index contributed by atoms with van der Waals surface area (Å²) in [4.78, 5) is 0. The highest BCUT2D eigenvalue weighted by Gasteiger charge is 2.16. The minimum absolute atomic E-state index is 1.15. The summed E-state index contributed by atoms with van der Waals surface area (Å²) >= 11 is 0. The van der Waals surface area contributed by atoms with Gasteiger partial charge < -0.3 is 0 Å². The second-order valence-corrected chi connectivity index (χ2v) is 5.02. The lowest BCUT2D eigenvalue weighted by Gasteiger charge is -2.05. The lowest BCUT2D eigenvalue weighted by molar-refractivity contribution is 1.52. The van der Waals surface area contributed by atoms with E-state index >= 15 is 0 Å². The van der Waals surface area contributed by atoms with Gasteiger partial charge in [0, 0.05) is 29.7 Å². The summed E-state index contributed by atoms with van der Waals surface area (Å²) in [6.07, 6.45) is 7.86. The Balaban J connectivity index is 1.89. The molecule has 0 radical (unpaired) electrons. The van der Waals surface area contributed by atoms with E-state index in [-0.39, 0.29) is 0 Å². The molecule has 0 spiro atoms. The first-order valence-corrected chi connectivity index (χ1v) is 6.80. The molecule has 0 heterocycles. The molecule has 0 unspecified atom stereocenters. The zero-order valence-corrected chi connectivity index (χ0v) is 11.0. The number of allylic oxidation sites excluding steroid dienone is 2. The van der Waals surface area contributed by atoms with Crippen LogP contribution in [0.1, 0.15) is 16.7 Å². The summed E-state index contributed by atoms with van der Waals surface area (Å²) in [6, 6.07) is 23.3. The Hall–Kier alpha value is -2.69. The van der Waals surface area contributed by atoms with Gasteiger partial charge in [0.1, 0.15) is 11.1 Å². The molecule has 0 aromatic heterocycles. The molecule has 20 heavy (non-hydrogen) atoms. The highest BCUT2D eigenvalue weighted by atomic mass is 14.1. The van der Waals surface area contributed by atoms with Gasteiger partial charge in [0.05, 0.1) is 11.1 Å². The van der Waals surface area contributed by atoms with Gasteiger partial charge in [-0.2, -0.15) is 0 Å². The summed E-state index contributed by atoms with van der Waals surface area (Å²) in [7, 11) is 0.